The average Bonchev–Trinajstić information content (AvgIpc) is 2.45. The molecule has 1 aromatic rings. The van der Waals surface area contributed by atoms with Crippen molar-refractivity contribution in [3.05, 3.63) is 33.9 Å². The van der Waals surface area contributed by atoms with E-state index in [2.05, 4.69) is 10.2 Å². The molecule has 0 aromatic heterocycles. The smallest absolute Gasteiger partial charge is 0.292 e. The van der Waals surface area contributed by atoms with Crippen molar-refractivity contribution in [3.8, 4) is 0 Å². The summed E-state index contributed by atoms with van der Waals surface area (Å²) in [5.41, 5.74) is 0.745. The highest BCUT2D eigenvalue weighted by molar-refractivity contribution is 5.95. The van der Waals surface area contributed by atoms with E-state index < -0.39 is 4.92 Å². The van der Waals surface area contributed by atoms with Gasteiger partial charge in [-0.3, -0.25) is 14.9 Å². The van der Waals surface area contributed by atoms with Crippen LogP contribution < -0.4 is 5.32 Å². The largest absolute Gasteiger partial charge is 0.383 e. The number of carbonyl (C=O) groups excluding carboxylic acids is 1. The molecule has 0 bridgehead atoms. The Hall–Kier alpha value is -2.15. The maximum Gasteiger partial charge on any atom is 0.292 e. The molecule has 0 spiro atoms. The van der Waals surface area contributed by atoms with Crippen LogP contribution in [0.5, 0.6) is 0 Å². The van der Waals surface area contributed by atoms with E-state index in [0.717, 1.165) is 13.0 Å². The van der Waals surface area contributed by atoms with Gasteiger partial charge in [0.15, 0.2) is 0 Å². The number of nitro benzene ring substituents is 1. The molecular weight excluding hydrogens is 272 g/mol. The van der Waals surface area contributed by atoms with Gasteiger partial charge >= 0.3 is 0 Å². The Bertz CT molecular complexity index is 517. The summed E-state index contributed by atoms with van der Waals surface area (Å²) in [4.78, 5) is 26.4. The minimum absolute atomic E-state index is 0.0377. The molecule has 1 N–H and O–H groups in total. The summed E-state index contributed by atoms with van der Waals surface area (Å²) in [5, 5.41) is 13.6. The second kappa shape index (κ2) is 7.58. The van der Waals surface area contributed by atoms with E-state index in [1.165, 1.54) is 18.2 Å². The van der Waals surface area contributed by atoms with Crippen LogP contribution in [0.25, 0.3) is 0 Å². The van der Waals surface area contributed by atoms with Gasteiger partial charge < -0.3 is 15.1 Å². The van der Waals surface area contributed by atoms with E-state index in [4.69, 9.17) is 0 Å². The van der Waals surface area contributed by atoms with Gasteiger partial charge in [0, 0.05) is 32.3 Å². The monoisotopic (exact) mass is 294 g/mol. The second-order valence-electron chi connectivity index (χ2n) is 5.12. The standard InChI is InChI=1S/C14H22N4O3/c1-15-12-10-11(6-7-13(12)18(20)21)14(19)17(4)9-5-8-16(2)3/h6-7,10,15H,5,8-9H2,1-4H3. The average molecular weight is 294 g/mol. The number of amides is 1. The van der Waals surface area contributed by atoms with Crippen LogP contribution >= 0.6 is 0 Å². The van der Waals surface area contributed by atoms with Gasteiger partial charge in [0.05, 0.1) is 4.92 Å². The zero-order valence-electron chi connectivity index (χ0n) is 12.9. The van der Waals surface area contributed by atoms with Gasteiger partial charge in [-0.25, -0.2) is 0 Å². The predicted molar refractivity (Wildman–Crippen MR) is 82.8 cm³/mol. The Kier molecular flexibility index (Phi) is 6.10. The summed E-state index contributed by atoms with van der Waals surface area (Å²) in [5.74, 6) is -0.139. The zero-order chi connectivity index (χ0) is 16.0. The molecule has 0 fully saturated rings. The Labute approximate surface area is 124 Å². The van der Waals surface area contributed by atoms with Crippen molar-refractivity contribution >= 4 is 17.3 Å². The first-order valence-corrected chi connectivity index (χ1v) is 6.73. The molecule has 0 radical (unpaired) electrons. The van der Waals surface area contributed by atoms with Crippen LogP contribution in [0.1, 0.15) is 16.8 Å². The van der Waals surface area contributed by atoms with E-state index in [0.29, 0.717) is 17.8 Å². The van der Waals surface area contributed by atoms with Crippen molar-refractivity contribution in [1.29, 1.82) is 0 Å². The quantitative estimate of drug-likeness (QED) is 0.611. The molecule has 1 amide bonds. The molecule has 0 heterocycles. The van der Waals surface area contributed by atoms with Gasteiger partial charge in [-0.2, -0.15) is 0 Å². The number of carbonyl (C=O) groups is 1. The highest BCUT2D eigenvalue weighted by atomic mass is 16.6. The van der Waals surface area contributed by atoms with E-state index >= 15 is 0 Å². The van der Waals surface area contributed by atoms with E-state index in [-0.39, 0.29) is 11.6 Å². The van der Waals surface area contributed by atoms with Gasteiger partial charge in [0.2, 0.25) is 0 Å². The number of anilines is 1. The summed E-state index contributed by atoms with van der Waals surface area (Å²) in [7, 11) is 7.30. The molecular formula is C14H22N4O3. The Balaban J connectivity index is 2.80. The maximum atomic E-state index is 12.3. The summed E-state index contributed by atoms with van der Waals surface area (Å²) < 4.78 is 0. The molecule has 1 rings (SSSR count). The first-order chi connectivity index (χ1) is 9.86. The van der Waals surface area contributed by atoms with Crippen LogP contribution in [0.3, 0.4) is 0 Å². The molecule has 7 nitrogen and oxygen atoms in total. The molecule has 0 unspecified atom stereocenters. The van der Waals surface area contributed by atoms with Gasteiger partial charge in [0.25, 0.3) is 11.6 Å². The number of rotatable bonds is 7. The molecule has 0 atom stereocenters. The minimum atomic E-state index is -0.471. The lowest BCUT2D eigenvalue weighted by Crippen LogP contribution is -2.29. The maximum absolute atomic E-state index is 12.3. The molecule has 0 saturated carbocycles. The molecule has 0 aliphatic heterocycles. The van der Waals surface area contributed by atoms with Crippen LogP contribution in [0.15, 0.2) is 18.2 Å². The van der Waals surface area contributed by atoms with Gasteiger partial charge in [0.1, 0.15) is 5.69 Å². The third-order valence-corrected chi connectivity index (χ3v) is 3.16. The van der Waals surface area contributed by atoms with Crippen molar-refractivity contribution in [2.75, 3.05) is 46.6 Å². The third kappa shape index (κ3) is 4.71. The third-order valence-electron chi connectivity index (χ3n) is 3.16. The molecule has 0 aliphatic rings. The molecule has 7 heteroatoms. The number of nitro groups is 1. The van der Waals surface area contributed by atoms with Crippen molar-refractivity contribution in [1.82, 2.24) is 9.80 Å². The molecule has 0 aliphatic carbocycles. The van der Waals surface area contributed by atoms with Crippen LogP contribution in [-0.4, -0.2) is 61.9 Å². The summed E-state index contributed by atoms with van der Waals surface area (Å²) in [6.07, 6.45) is 0.876. The number of benzene rings is 1. The lowest BCUT2D eigenvalue weighted by Gasteiger charge is -2.19. The molecule has 21 heavy (non-hydrogen) atoms. The van der Waals surface area contributed by atoms with Crippen LogP contribution in [0, 0.1) is 10.1 Å². The van der Waals surface area contributed by atoms with Crippen LogP contribution in [-0.2, 0) is 0 Å². The second-order valence-corrected chi connectivity index (χ2v) is 5.12. The van der Waals surface area contributed by atoms with E-state index in [9.17, 15) is 14.9 Å². The normalized spacial score (nSPS) is 10.5. The first-order valence-electron chi connectivity index (χ1n) is 6.73. The highest BCUT2D eigenvalue weighted by Gasteiger charge is 2.17. The lowest BCUT2D eigenvalue weighted by atomic mass is 10.1. The zero-order valence-corrected chi connectivity index (χ0v) is 12.9. The molecule has 1 aromatic carbocycles. The topological polar surface area (TPSA) is 78.7 Å². The van der Waals surface area contributed by atoms with Crippen LogP contribution in [0.2, 0.25) is 0 Å². The Morgan fingerprint density at radius 2 is 1.95 bits per heavy atom. The molecule has 116 valence electrons. The van der Waals surface area contributed by atoms with E-state index in [1.54, 1.807) is 19.0 Å². The number of nitrogens with zero attached hydrogens (tertiary/aromatic N) is 3. The highest BCUT2D eigenvalue weighted by Crippen LogP contribution is 2.25. The lowest BCUT2D eigenvalue weighted by molar-refractivity contribution is -0.383. The van der Waals surface area contributed by atoms with E-state index in [1.807, 2.05) is 14.1 Å². The summed E-state index contributed by atoms with van der Waals surface area (Å²) in [6, 6.07) is 4.36. The van der Waals surface area contributed by atoms with Gasteiger partial charge in [-0.15, -0.1) is 0 Å². The fourth-order valence-corrected chi connectivity index (χ4v) is 1.97. The van der Waals surface area contributed by atoms with Crippen LogP contribution in [0.4, 0.5) is 11.4 Å². The number of nitrogens with one attached hydrogen (secondary N) is 1. The van der Waals surface area contributed by atoms with Crippen molar-refractivity contribution in [2.24, 2.45) is 0 Å². The Morgan fingerprint density at radius 3 is 2.48 bits per heavy atom. The Morgan fingerprint density at radius 1 is 1.29 bits per heavy atom. The predicted octanol–water partition coefficient (Wildman–Crippen LogP) is 1.66. The summed E-state index contributed by atoms with van der Waals surface area (Å²) >= 11 is 0. The summed E-state index contributed by atoms with van der Waals surface area (Å²) in [6.45, 7) is 1.54. The van der Waals surface area contributed by atoms with Crippen molar-refractivity contribution in [2.45, 2.75) is 6.42 Å². The van der Waals surface area contributed by atoms with Crippen molar-refractivity contribution in [3.63, 3.8) is 0 Å². The number of hydrogen-bond donors (Lipinski definition) is 1. The molecule has 0 saturated heterocycles. The fraction of sp³-hybridized carbons (Fsp3) is 0.500. The SMILES string of the molecule is CNc1cc(C(=O)N(C)CCCN(C)C)ccc1[N+](=O)[O-]. The van der Waals surface area contributed by atoms with Gasteiger partial charge in [-0.1, -0.05) is 0 Å². The number of hydrogen-bond acceptors (Lipinski definition) is 5. The van der Waals surface area contributed by atoms with Gasteiger partial charge in [-0.05, 0) is 39.2 Å². The van der Waals surface area contributed by atoms with Crippen molar-refractivity contribution < 1.29 is 9.72 Å². The first kappa shape index (κ1) is 16.9. The minimum Gasteiger partial charge on any atom is -0.383 e. The fourth-order valence-electron chi connectivity index (χ4n) is 1.97.